The van der Waals surface area contributed by atoms with E-state index >= 15 is 0 Å². The number of nitriles is 1. The number of rotatable bonds is 2. The molecule has 2 aromatic carbocycles. The number of allylic oxidation sites excluding steroid dienone is 1. The third-order valence-electron chi connectivity index (χ3n) is 3.15. The van der Waals surface area contributed by atoms with Gasteiger partial charge in [-0.2, -0.15) is 5.26 Å². The highest BCUT2D eigenvalue weighted by Crippen LogP contribution is 2.18. The Bertz CT molecular complexity index is 983. The van der Waals surface area contributed by atoms with Gasteiger partial charge in [0.2, 0.25) is 0 Å². The summed E-state index contributed by atoms with van der Waals surface area (Å²) in [5, 5.41) is 10.4. The number of nitrogens with one attached hydrogen (secondary N) is 1. The minimum atomic E-state index is -0.271. The minimum Gasteiger partial charge on any atom is -0.305 e. The molecule has 1 N–H and O–H groups in total. The zero-order valence-corrected chi connectivity index (χ0v) is 12.1. The number of nitrogens with zero attached hydrogens (tertiary/aromatic N) is 2. The highest BCUT2D eigenvalue weighted by molar-refractivity contribution is 6.30. The third kappa shape index (κ3) is 2.76. The maximum Gasteiger partial charge on any atom is 0.259 e. The van der Waals surface area contributed by atoms with Gasteiger partial charge in [-0.25, -0.2) is 4.98 Å². The Balaban J connectivity index is 2.16. The van der Waals surface area contributed by atoms with Crippen LogP contribution in [0.5, 0.6) is 0 Å². The molecule has 106 valence electrons. The van der Waals surface area contributed by atoms with Gasteiger partial charge in [-0.3, -0.25) is 4.79 Å². The molecule has 4 nitrogen and oxygen atoms in total. The van der Waals surface area contributed by atoms with Crippen molar-refractivity contribution in [3.8, 4) is 6.07 Å². The second-order valence-corrected chi connectivity index (χ2v) is 5.09. The van der Waals surface area contributed by atoms with Crippen molar-refractivity contribution < 1.29 is 0 Å². The van der Waals surface area contributed by atoms with Gasteiger partial charge < -0.3 is 4.98 Å². The zero-order valence-electron chi connectivity index (χ0n) is 11.4. The van der Waals surface area contributed by atoms with Gasteiger partial charge in [0.05, 0.1) is 16.5 Å². The number of halogens is 1. The summed E-state index contributed by atoms with van der Waals surface area (Å²) in [5.41, 5.74) is 1.31. The summed E-state index contributed by atoms with van der Waals surface area (Å²) in [6, 6.07) is 16.2. The first kappa shape index (κ1) is 14.1. The number of hydrogen-bond donors (Lipinski definition) is 1. The van der Waals surface area contributed by atoms with Crippen molar-refractivity contribution in [2.45, 2.75) is 0 Å². The van der Waals surface area contributed by atoms with Crippen LogP contribution in [0.25, 0.3) is 22.6 Å². The first-order valence-electron chi connectivity index (χ1n) is 6.54. The van der Waals surface area contributed by atoms with Gasteiger partial charge in [0, 0.05) is 5.02 Å². The normalized spacial score (nSPS) is 11.4. The quantitative estimate of drug-likeness (QED) is 0.735. The Labute approximate surface area is 131 Å². The van der Waals surface area contributed by atoms with E-state index in [1.807, 2.05) is 6.07 Å². The van der Waals surface area contributed by atoms with Gasteiger partial charge in [0.25, 0.3) is 5.56 Å². The van der Waals surface area contributed by atoms with Gasteiger partial charge in [-0.15, -0.1) is 0 Å². The fraction of sp³-hybridized carbons (Fsp3) is 0. The molecule has 0 bridgehead atoms. The second-order valence-electron chi connectivity index (χ2n) is 4.66. The lowest BCUT2D eigenvalue weighted by molar-refractivity contribution is 1.13. The van der Waals surface area contributed by atoms with Crippen molar-refractivity contribution in [1.82, 2.24) is 9.97 Å². The van der Waals surface area contributed by atoms with Crippen LogP contribution in [0.1, 0.15) is 11.4 Å². The summed E-state index contributed by atoms with van der Waals surface area (Å²) < 4.78 is 0. The van der Waals surface area contributed by atoms with Gasteiger partial charge in [0.1, 0.15) is 6.07 Å². The molecule has 0 atom stereocenters. The third-order valence-corrected chi connectivity index (χ3v) is 3.38. The van der Waals surface area contributed by atoms with Crippen molar-refractivity contribution in [1.29, 1.82) is 5.26 Å². The molecule has 0 spiro atoms. The smallest absolute Gasteiger partial charge is 0.259 e. The summed E-state index contributed by atoms with van der Waals surface area (Å²) in [5.74, 6) is 0.242. The molecule has 1 aromatic heterocycles. The summed E-state index contributed by atoms with van der Waals surface area (Å²) in [4.78, 5) is 19.1. The average molecular weight is 308 g/mol. The Morgan fingerprint density at radius 1 is 1.23 bits per heavy atom. The van der Waals surface area contributed by atoms with Crippen LogP contribution in [0.3, 0.4) is 0 Å². The van der Waals surface area contributed by atoms with E-state index in [9.17, 15) is 10.1 Å². The predicted molar refractivity (Wildman–Crippen MR) is 87.3 cm³/mol. The molecule has 0 saturated heterocycles. The molecule has 0 radical (unpaired) electrons. The molecule has 0 aliphatic rings. The Morgan fingerprint density at radius 3 is 2.82 bits per heavy atom. The van der Waals surface area contributed by atoms with Crippen molar-refractivity contribution in [2.24, 2.45) is 0 Å². The number of para-hydroxylation sites is 1. The van der Waals surface area contributed by atoms with E-state index < -0.39 is 0 Å². The largest absolute Gasteiger partial charge is 0.305 e. The van der Waals surface area contributed by atoms with Crippen molar-refractivity contribution in [3.63, 3.8) is 0 Å². The van der Waals surface area contributed by atoms with Gasteiger partial charge in [-0.05, 0) is 35.9 Å². The highest BCUT2D eigenvalue weighted by atomic mass is 35.5. The van der Waals surface area contributed by atoms with Crippen molar-refractivity contribution in [3.05, 3.63) is 75.3 Å². The van der Waals surface area contributed by atoms with E-state index in [1.54, 1.807) is 48.5 Å². The first-order chi connectivity index (χ1) is 10.7. The molecule has 3 aromatic rings. The Kier molecular flexibility index (Phi) is 3.73. The van der Waals surface area contributed by atoms with Gasteiger partial charge in [-0.1, -0.05) is 35.9 Å². The Morgan fingerprint density at radius 2 is 2.05 bits per heavy atom. The standard InChI is InChI=1S/C17H10ClN3O/c18-13-5-3-4-11(9-13)8-12(10-19)16-20-15-7-2-1-6-14(15)17(22)21-16/h1-9H,(H,20,21,22)/b12-8-. The van der Waals surface area contributed by atoms with E-state index in [0.29, 0.717) is 15.9 Å². The zero-order chi connectivity index (χ0) is 15.5. The summed E-state index contributed by atoms with van der Waals surface area (Å²) in [6.07, 6.45) is 1.64. The van der Waals surface area contributed by atoms with Gasteiger partial charge >= 0.3 is 0 Å². The average Bonchev–Trinajstić information content (AvgIpc) is 2.52. The van der Waals surface area contributed by atoms with Gasteiger partial charge in [0.15, 0.2) is 5.82 Å². The number of fused-ring (bicyclic) bond motifs is 1. The highest BCUT2D eigenvalue weighted by Gasteiger charge is 2.08. The molecular formula is C17H10ClN3O. The van der Waals surface area contributed by atoms with E-state index in [2.05, 4.69) is 16.0 Å². The van der Waals surface area contributed by atoms with Crippen LogP contribution < -0.4 is 5.56 Å². The minimum absolute atomic E-state index is 0.242. The van der Waals surface area contributed by atoms with Crippen LogP contribution in [0, 0.1) is 11.3 Å². The van der Waals surface area contributed by atoms with Crippen molar-refractivity contribution >= 4 is 34.2 Å². The monoisotopic (exact) mass is 307 g/mol. The first-order valence-corrected chi connectivity index (χ1v) is 6.92. The molecule has 1 heterocycles. The van der Waals surface area contributed by atoms with E-state index in [-0.39, 0.29) is 17.0 Å². The molecule has 0 amide bonds. The maximum absolute atomic E-state index is 12.1. The van der Waals surface area contributed by atoms with Crippen LogP contribution in [0.4, 0.5) is 0 Å². The Hall–Kier alpha value is -2.90. The van der Waals surface area contributed by atoms with Crippen molar-refractivity contribution in [2.75, 3.05) is 0 Å². The molecule has 0 saturated carbocycles. The second kappa shape index (κ2) is 5.84. The summed E-state index contributed by atoms with van der Waals surface area (Å²) in [6.45, 7) is 0. The summed E-state index contributed by atoms with van der Waals surface area (Å²) in [7, 11) is 0. The lowest BCUT2D eigenvalue weighted by Gasteiger charge is -2.02. The fourth-order valence-corrected chi connectivity index (χ4v) is 2.33. The number of hydrogen-bond acceptors (Lipinski definition) is 3. The topological polar surface area (TPSA) is 69.5 Å². The van der Waals surface area contributed by atoms with E-state index in [1.165, 1.54) is 0 Å². The van der Waals surface area contributed by atoms with Crippen LogP contribution in [-0.4, -0.2) is 9.97 Å². The number of benzene rings is 2. The number of H-pyrrole nitrogens is 1. The lowest BCUT2D eigenvalue weighted by Crippen LogP contribution is -2.11. The van der Waals surface area contributed by atoms with E-state index in [0.717, 1.165) is 5.56 Å². The fourth-order valence-electron chi connectivity index (χ4n) is 2.13. The molecular weight excluding hydrogens is 298 g/mol. The van der Waals surface area contributed by atoms with Crippen LogP contribution in [0.15, 0.2) is 53.3 Å². The number of aromatic amines is 1. The summed E-state index contributed by atoms with van der Waals surface area (Å²) >= 11 is 5.94. The molecule has 0 aliphatic carbocycles. The van der Waals surface area contributed by atoms with E-state index in [4.69, 9.17) is 11.6 Å². The molecule has 0 unspecified atom stereocenters. The van der Waals surface area contributed by atoms with Crippen LogP contribution >= 0.6 is 11.6 Å². The maximum atomic E-state index is 12.1. The molecule has 5 heteroatoms. The SMILES string of the molecule is N#C/C(=C/c1cccc(Cl)c1)c1nc2ccccc2c(=O)[nH]1. The molecule has 22 heavy (non-hydrogen) atoms. The van der Waals surface area contributed by atoms with Crippen LogP contribution in [-0.2, 0) is 0 Å². The predicted octanol–water partition coefficient (Wildman–Crippen LogP) is 3.64. The molecule has 3 rings (SSSR count). The number of aromatic nitrogens is 2. The van der Waals surface area contributed by atoms with Crippen LogP contribution in [0.2, 0.25) is 5.02 Å². The lowest BCUT2D eigenvalue weighted by atomic mass is 10.1. The molecule has 0 aliphatic heterocycles. The molecule has 0 fully saturated rings.